The predicted octanol–water partition coefficient (Wildman–Crippen LogP) is 2.52. The number of halogens is 1. The second-order valence-electron chi connectivity index (χ2n) is 5.65. The van der Waals surface area contributed by atoms with E-state index in [9.17, 15) is 9.90 Å². The van der Waals surface area contributed by atoms with Gasteiger partial charge in [-0.15, -0.1) is 0 Å². The lowest BCUT2D eigenvalue weighted by atomic mass is 10.1. The SMILES string of the molecule is CN(C[C@H]1CCC[C@H]1O)C(=O)NCCOc1ccccc1Cl. The van der Waals surface area contributed by atoms with Crippen LogP contribution in [0.25, 0.3) is 0 Å². The van der Waals surface area contributed by atoms with E-state index >= 15 is 0 Å². The normalized spacial score (nSPS) is 20.7. The highest BCUT2D eigenvalue weighted by atomic mass is 35.5. The van der Waals surface area contributed by atoms with Gasteiger partial charge >= 0.3 is 6.03 Å². The Hall–Kier alpha value is -1.46. The van der Waals surface area contributed by atoms with Gasteiger partial charge in [0.25, 0.3) is 0 Å². The van der Waals surface area contributed by atoms with Gasteiger partial charge in [-0.1, -0.05) is 30.2 Å². The molecule has 0 heterocycles. The van der Waals surface area contributed by atoms with E-state index < -0.39 is 0 Å². The molecule has 1 aromatic carbocycles. The molecule has 2 atom stereocenters. The van der Waals surface area contributed by atoms with Crippen LogP contribution in [0.1, 0.15) is 19.3 Å². The van der Waals surface area contributed by atoms with Crippen molar-refractivity contribution in [3.63, 3.8) is 0 Å². The van der Waals surface area contributed by atoms with Gasteiger partial charge < -0.3 is 20.1 Å². The minimum absolute atomic E-state index is 0.151. The number of aliphatic hydroxyl groups excluding tert-OH is 1. The number of hydrogen-bond acceptors (Lipinski definition) is 3. The molecule has 0 radical (unpaired) electrons. The molecule has 1 aromatic rings. The van der Waals surface area contributed by atoms with Gasteiger partial charge in [0, 0.05) is 19.5 Å². The first kappa shape index (κ1) is 16.9. The zero-order valence-corrected chi connectivity index (χ0v) is 13.6. The molecule has 22 heavy (non-hydrogen) atoms. The van der Waals surface area contributed by atoms with Crippen LogP contribution in [0, 0.1) is 5.92 Å². The largest absolute Gasteiger partial charge is 0.490 e. The summed E-state index contributed by atoms with van der Waals surface area (Å²) in [5.41, 5.74) is 0. The lowest BCUT2D eigenvalue weighted by Crippen LogP contribution is -2.42. The van der Waals surface area contributed by atoms with E-state index in [1.165, 1.54) is 0 Å². The Kier molecular flexibility index (Phi) is 6.34. The average Bonchev–Trinajstić information content (AvgIpc) is 2.90. The smallest absolute Gasteiger partial charge is 0.317 e. The molecule has 0 aliphatic heterocycles. The molecular weight excluding hydrogens is 304 g/mol. The summed E-state index contributed by atoms with van der Waals surface area (Å²) < 4.78 is 5.51. The van der Waals surface area contributed by atoms with E-state index in [0.29, 0.717) is 30.5 Å². The third kappa shape index (κ3) is 4.78. The van der Waals surface area contributed by atoms with E-state index in [4.69, 9.17) is 16.3 Å². The first-order chi connectivity index (χ1) is 10.6. The highest BCUT2D eigenvalue weighted by Gasteiger charge is 2.27. The second kappa shape index (κ2) is 8.25. The molecular formula is C16H23ClN2O3. The summed E-state index contributed by atoms with van der Waals surface area (Å²) in [6.07, 6.45) is 2.58. The van der Waals surface area contributed by atoms with Crippen LogP contribution in [-0.2, 0) is 0 Å². The number of carbonyl (C=O) groups is 1. The third-order valence-corrected chi connectivity index (χ3v) is 4.26. The van der Waals surface area contributed by atoms with Crippen molar-refractivity contribution in [3.05, 3.63) is 29.3 Å². The lowest BCUT2D eigenvalue weighted by Gasteiger charge is -2.23. The minimum Gasteiger partial charge on any atom is -0.490 e. The van der Waals surface area contributed by atoms with Crippen LogP contribution in [0.15, 0.2) is 24.3 Å². The fourth-order valence-corrected chi connectivity index (χ4v) is 2.87. The molecule has 6 heteroatoms. The number of benzene rings is 1. The maximum Gasteiger partial charge on any atom is 0.317 e. The fraction of sp³-hybridized carbons (Fsp3) is 0.562. The van der Waals surface area contributed by atoms with Gasteiger partial charge in [0.2, 0.25) is 0 Å². The van der Waals surface area contributed by atoms with Crippen molar-refractivity contribution in [1.82, 2.24) is 10.2 Å². The van der Waals surface area contributed by atoms with Crippen LogP contribution in [0.3, 0.4) is 0 Å². The molecule has 0 bridgehead atoms. The van der Waals surface area contributed by atoms with Crippen LogP contribution in [0.5, 0.6) is 5.75 Å². The second-order valence-corrected chi connectivity index (χ2v) is 6.06. The van der Waals surface area contributed by atoms with E-state index in [-0.39, 0.29) is 18.1 Å². The highest BCUT2D eigenvalue weighted by Crippen LogP contribution is 2.26. The molecule has 1 aliphatic carbocycles. The van der Waals surface area contributed by atoms with Crippen LogP contribution in [0.4, 0.5) is 4.79 Å². The zero-order chi connectivity index (χ0) is 15.9. The quantitative estimate of drug-likeness (QED) is 0.790. The topological polar surface area (TPSA) is 61.8 Å². The van der Waals surface area contributed by atoms with E-state index in [2.05, 4.69) is 5.32 Å². The van der Waals surface area contributed by atoms with Gasteiger partial charge in [-0.2, -0.15) is 0 Å². The number of aliphatic hydroxyl groups is 1. The van der Waals surface area contributed by atoms with Crippen LogP contribution in [-0.4, -0.2) is 48.9 Å². The maximum atomic E-state index is 12.0. The molecule has 2 amide bonds. The molecule has 0 spiro atoms. The minimum atomic E-state index is -0.279. The van der Waals surface area contributed by atoms with Gasteiger partial charge in [-0.3, -0.25) is 0 Å². The van der Waals surface area contributed by atoms with Crippen molar-refractivity contribution in [3.8, 4) is 5.75 Å². The van der Waals surface area contributed by atoms with Crippen molar-refractivity contribution in [1.29, 1.82) is 0 Å². The zero-order valence-electron chi connectivity index (χ0n) is 12.8. The first-order valence-electron chi connectivity index (χ1n) is 7.62. The van der Waals surface area contributed by atoms with E-state index in [1.807, 2.05) is 12.1 Å². The molecule has 122 valence electrons. The monoisotopic (exact) mass is 326 g/mol. The molecule has 0 unspecified atom stereocenters. The van der Waals surface area contributed by atoms with Crippen LogP contribution < -0.4 is 10.1 Å². The van der Waals surface area contributed by atoms with Crippen molar-refractivity contribution >= 4 is 17.6 Å². The molecule has 1 saturated carbocycles. The Morgan fingerprint density at radius 3 is 2.91 bits per heavy atom. The van der Waals surface area contributed by atoms with Crippen molar-refractivity contribution in [2.45, 2.75) is 25.4 Å². The number of carbonyl (C=O) groups excluding carboxylic acids is 1. The number of nitrogens with zero attached hydrogens (tertiary/aromatic N) is 1. The number of nitrogens with one attached hydrogen (secondary N) is 1. The van der Waals surface area contributed by atoms with Gasteiger partial charge in [0.05, 0.1) is 17.7 Å². The van der Waals surface area contributed by atoms with Crippen molar-refractivity contribution in [2.24, 2.45) is 5.92 Å². The molecule has 0 saturated heterocycles. The third-order valence-electron chi connectivity index (χ3n) is 3.95. The molecule has 5 nitrogen and oxygen atoms in total. The summed E-state index contributed by atoms with van der Waals surface area (Å²) in [4.78, 5) is 13.6. The summed E-state index contributed by atoms with van der Waals surface area (Å²) in [5.74, 6) is 0.802. The van der Waals surface area contributed by atoms with E-state index in [0.717, 1.165) is 19.3 Å². The summed E-state index contributed by atoms with van der Waals surface area (Å²) in [5, 5.41) is 13.1. The number of hydrogen-bond donors (Lipinski definition) is 2. The molecule has 1 fully saturated rings. The molecule has 1 aliphatic rings. The first-order valence-corrected chi connectivity index (χ1v) is 8.00. The van der Waals surface area contributed by atoms with Crippen LogP contribution >= 0.6 is 11.6 Å². The number of rotatable bonds is 6. The highest BCUT2D eigenvalue weighted by molar-refractivity contribution is 6.32. The lowest BCUT2D eigenvalue weighted by molar-refractivity contribution is 0.113. The summed E-state index contributed by atoms with van der Waals surface area (Å²) >= 11 is 5.98. The predicted molar refractivity (Wildman–Crippen MR) is 86.3 cm³/mol. The van der Waals surface area contributed by atoms with Crippen molar-refractivity contribution in [2.75, 3.05) is 26.7 Å². The van der Waals surface area contributed by atoms with E-state index in [1.54, 1.807) is 24.1 Å². The molecule has 0 aromatic heterocycles. The maximum absolute atomic E-state index is 12.0. The Morgan fingerprint density at radius 1 is 1.45 bits per heavy atom. The standard InChI is InChI=1S/C16H23ClN2O3/c1-19(11-12-5-4-7-14(12)20)16(21)18-9-10-22-15-8-3-2-6-13(15)17/h2-3,6,8,12,14,20H,4-5,7,9-11H2,1H3,(H,18,21)/t12-,14-/m1/s1. The van der Waals surface area contributed by atoms with Crippen LogP contribution in [0.2, 0.25) is 5.02 Å². The Balaban J connectivity index is 1.66. The number of para-hydroxylation sites is 1. The fourth-order valence-electron chi connectivity index (χ4n) is 2.68. The van der Waals surface area contributed by atoms with Gasteiger partial charge in [-0.05, 0) is 25.0 Å². The average molecular weight is 327 g/mol. The van der Waals surface area contributed by atoms with Gasteiger partial charge in [0.15, 0.2) is 0 Å². The summed E-state index contributed by atoms with van der Waals surface area (Å²) in [6.45, 7) is 1.34. The number of ether oxygens (including phenoxy) is 1. The van der Waals surface area contributed by atoms with Gasteiger partial charge in [0.1, 0.15) is 12.4 Å². The number of amides is 2. The number of urea groups is 1. The summed E-state index contributed by atoms with van der Waals surface area (Å²) in [6, 6.07) is 7.08. The Bertz CT molecular complexity index is 498. The summed E-state index contributed by atoms with van der Waals surface area (Å²) in [7, 11) is 1.75. The van der Waals surface area contributed by atoms with Gasteiger partial charge in [-0.25, -0.2) is 4.79 Å². The Morgan fingerprint density at radius 2 is 2.23 bits per heavy atom. The Labute approximate surface area is 136 Å². The molecule has 2 rings (SSSR count). The van der Waals surface area contributed by atoms with Crippen molar-refractivity contribution < 1.29 is 14.6 Å². The molecule has 2 N–H and O–H groups in total.